The Kier molecular flexibility index (Phi) is 4.25. The van der Waals surface area contributed by atoms with Gasteiger partial charge in [-0.1, -0.05) is 37.3 Å². The van der Waals surface area contributed by atoms with Crippen molar-refractivity contribution >= 4 is 11.6 Å². The van der Waals surface area contributed by atoms with Crippen LogP contribution < -0.4 is 4.90 Å². The molecule has 4 heteroatoms. The van der Waals surface area contributed by atoms with Gasteiger partial charge < -0.3 is 15.1 Å². The van der Waals surface area contributed by atoms with E-state index in [-0.39, 0.29) is 17.4 Å². The van der Waals surface area contributed by atoms with Crippen LogP contribution in [0.4, 0.5) is 5.69 Å². The number of hydrogen-bond donors (Lipinski definition) is 2. The third-order valence-corrected chi connectivity index (χ3v) is 3.06. The van der Waals surface area contributed by atoms with Gasteiger partial charge in [0.15, 0.2) is 11.5 Å². The Morgan fingerprint density at radius 2 is 1.75 bits per heavy atom. The van der Waals surface area contributed by atoms with Crippen molar-refractivity contribution in [3.05, 3.63) is 54.1 Å². The molecule has 2 N–H and O–H groups in total. The average Bonchev–Trinajstić information content (AvgIpc) is 2.48. The highest BCUT2D eigenvalue weighted by atomic mass is 16.3. The van der Waals surface area contributed by atoms with E-state index in [0.717, 1.165) is 5.56 Å². The lowest BCUT2D eigenvalue weighted by Gasteiger charge is -2.23. The van der Waals surface area contributed by atoms with Gasteiger partial charge in [-0.3, -0.25) is 4.79 Å². The molecule has 1 amide bonds. The van der Waals surface area contributed by atoms with Crippen molar-refractivity contribution in [1.82, 2.24) is 0 Å². The van der Waals surface area contributed by atoms with Crippen LogP contribution in [0.15, 0.2) is 48.5 Å². The topological polar surface area (TPSA) is 60.8 Å². The van der Waals surface area contributed by atoms with Crippen molar-refractivity contribution < 1.29 is 15.0 Å². The molecule has 0 saturated heterocycles. The van der Waals surface area contributed by atoms with Gasteiger partial charge in [0.25, 0.3) is 0 Å². The molecule has 20 heavy (non-hydrogen) atoms. The summed E-state index contributed by atoms with van der Waals surface area (Å²) in [5.74, 6) is -0.472. The molecule has 0 aliphatic carbocycles. The van der Waals surface area contributed by atoms with Crippen LogP contribution in [0.3, 0.4) is 0 Å². The van der Waals surface area contributed by atoms with E-state index in [1.807, 2.05) is 30.3 Å². The number of amides is 1. The number of hydrogen-bond acceptors (Lipinski definition) is 3. The molecule has 0 aromatic heterocycles. The normalized spacial score (nSPS) is 10.2. The summed E-state index contributed by atoms with van der Waals surface area (Å²) < 4.78 is 0. The second kappa shape index (κ2) is 6.10. The molecule has 0 radical (unpaired) electrons. The molecule has 104 valence electrons. The summed E-state index contributed by atoms with van der Waals surface area (Å²) in [5, 5.41) is 18.9. The molecule has 0 aliphatic heterocycles. The number of nitrogens with zero attached hydrogens (tertiary/aromatic N) is 1. The molecule has 0 fully saturated rings. The van der Waals surface area contributed by atoms with Gasteiger partial charge in [0.2, 0.25) is 5.91 Å². The van der Waals surface area contributed by atoms with Crippen LogP contribution in [0, 0.1) is 0 Å². The maximum atomic E-state index is 12.1. The zero-order valence-corrected chi connectivity index (χ0v) is 11.3. The predicted octanol–water partition coefficient (Wildman–Crippen LogP) is 3.04. The molecule has 0 atom stereocenters. The minimum absolute atomic E-state index is 0.0426. The largest absolute Gasteiger partial charge is 0.504 e. The number of carbonyl (C=O) groups excluding carboxylic acids is 1. The average molecular weight is 271 g/mol. The van der Waals surface area contributed by atoms with E-state index in [1.165, 1.54) is 12.1 Å². The fourth-order valence-electron chi connectivity index (χ4n) is 1.96. The monoisotopic (exact) mass is 271 g/mol. The zero-order chi connectivity index (χ0) is 14.5. The summed E-state index contributed by atoms with van der Waals surface area (Å²) in [6, 6.07) is 14.0. The number of benzene rings is 2. The lowest BCUT2D eigenvalue weighted by atomic mass is 10.1. The Morgan fingerprint density at radius 3 is 2.35 bits per heavy atom. The number of phenols is 2. The fourth-order valence-corrected chi connectivity index (χ4v) is 1.96. The minimum atomic E-state index is -0.232. The number of rotatable bonds is 4. The first kappa shape index (κ1) is 13.9. The van der Waals surface area contributed by atoms with Crippen LogP contribution in [0.1, 0.15) is 18.9 Å². The zero-order valence-electron chi connectivity index (χ0n) is 11.3. The molecule has 0 spiro atoms. The summed E-state index contributed by atoms with van der Waals surface area (Å²) >= 11 is 0. The number of anilines is 1. The summed E-state index contributed by atoms with van der Waals surface area (Å²) in [6.07, 6.45) is 0.370. The van der Waals surface area contributed by atoms with Crippen LogP contribution in [-0.2, 0) is 11.3 Å². The fraction of sp³-hybridized carbons (Fsp3) is 0.188. The molecule has 0 heterocycles. The third-order valence-electron chi connectivity index (χ3n) is 3.06. The van der Waals surface area contributed by atoms with E-state index in [4.69, 9.17) is 0 Å². The van der Waals surface area contributed by atoms with E-state index in [1.54, 1.807) is 17.9 Å². The molecule has 2 rings (SSSR count). The van der Waals surface area contributed by atoms with Gasteiger partial charge in [-0.05, 0) is 17.7 Å². The Balaban J connectivity index is 2.32. The minimum Gasteiger partial charge on any atom is -0.504 e. The van der Waals surface area contributed by atoms with Crippen molar-refractivity contribution in [1.29, 1.82) is 0 Å². The first-order valence-electron chi connectivity index (χ1n) is 6.48. The van der Waals surface area contributed by atoms with Crippen molar-refractivity contribution in [2.75, 3.05) is 4.90 Å². The molecule has 0 saturated carbocycles. The quantitative estimate of drug-likeness (QED) is 0.840. The van der Waals surface area contributed by atoms with Gasteiger partial charge in [-0.15, -0.1) is 0 Å². The van der Waals surface area contributed by atoms with Gasteiger partial charge >= 0.3 is 0 Å². The van der Waals surface area contributed by atoms with Crippen LogP contribution in [0.25, 0.3) is 0 Å². The van der Waals surface area contributed by atoms with Gasteiger partial charge in [0.05, 0.1) is 6.54 Å². The highest BCUT2D eigenvalue weighted by Gasteiger charge is 2.15. The Morgan fingerprint density at radius 1 is 1.05 bits per heavy atom. The summed E-state index contributed by atoms with van der Waals surface area (Å²) in [4.78, 5) is 13.7. The smallest absolute Gasteiger partial charge is 0.227 e. The van der Waals surface area contributed by atoms with Crippen LogP contribution in [0.2, 0.25) is 0 Å². The van der Waals surface area contributed by atoms with Crippen LogP contribution in [-0.4, -0.2) is 16.1 Å². The third kappa shape index (κ3) is 3.09. The molecule has 0 unspecified atom stereocenters. The molecule has 4 nitrogen and oxygen atoms in total. The van der Waals surface area contributed by atoms with E-state index in [9.17, 15) is 15.0 Å². The van der Waals surface area contributed by atoms with E-state index in [0.29, 0.717) is 18.7 Å². The van der Waals surface area contributed by atoms with Gasteiger partial charge in [0, 0.05) is 18.2 Å². The second-order valence-electron chi connectivity index (χ2n) is 4.49. The van der Waals surface area contributed by atoms with E-state index >= 15 is 0 Å². The van der Waals surface area contributed by atoms with Crippen molar-refractivity contribution in [3.63, 3.8) is 0 Å². The number of phenolic OH excluding ortho intramolecular Hbond substituents is 2. The predicted molar refractivity (Wildman–Crippen MR) is 77.7 cm³/mol. The van der Waals surface area contributed by atoms with Crippen LogP contribution in [0.5, 0.6) is 11.5 Å². The maximum absolute atomic E-state index is 12.1. The maximum Gasteiger partial charge on any atom is 0.227 e. The van der Waals surface area contributed by atoms with Crippen molar-refractivity contribution in [2.45, 2.75) is 19.9 Å². The lowest BCUT2D eigenvalue weighted by Crippen LogP contribution is -2.29. The number of carbonyl (C=O) groups is 1. The lowest BCUT2D eigenvalue weighted by molar-refractivity contribution is -0.118. The molecule has 2 aromatic rings. The van der Waals surface area contributed by atoms with Gasteiger partial charge in [-0.25, -0.2) is 0 Å². The first-order valence-corrected chi connectivity index (χ1v) is 6.48. The van der Waals surface area contributed by atoms with Crippen molar-refractivity contribution in [3.8, 4) is 11.5 Å². The molecular weight excluding hydrogens is 254 g/mol. The summed E-state index contributed by atoms with van der Waals surface area (Å²) in [5.41, 5.74) is 1.57. The van der Waals surface area contributed by atoms with E-state index < -0.39 is 0 Å². The highest BCUT2D eigenvalue weighted by Crippen LogP contribution is 2.30. The molecular formula is C16H17NO3. The molecule has 0 aliphatic rings. The van der Waals surface area contributed by atoms with Crippen LogP contribution >= 0.6 is 0 Å². The Bertz CT molecular complexity index is 596. The second-order valence-corrected chi connectivity index (χ2v) is 4.49. The summed E-state index contributed by atoms with van der Waals surface area (Å²) in [7, 11) is 0. The van der Waals surface area contributed by atoms with Gasteiger partial charge in [0.1, 0.15) is 0 Å². The first-order chi connectivity index (χ1) is 9.61. The SMILES string of the molecule is CCC(=O)N(Cc1ccccc1)c1ccc(O)c(O)c1. The van der Waals surface area contributed by atoms with E-state index in [2.05, 4.69) is 0 Å². The Hall–Kier alpha value is -2.49. The van der Waals surface area contributed by atoms with Crippen molar-refractivity contribution in [2.24, 2.45) is 0 Å². The Labute approximate surface area is 117 Å². The molecule has 2 aromatic carbocycles. The number of aromatic hydroxyl groups is 2. The summed E-state index contributed by atoms with van der Waals surface area (Å²) in [6.45, 7) is 2.22. The highest BCUT2D eigenvalue weighted by molar-refractivity contribution is 5.93. The standard InChI is InChI=1S/C16H17NO3/c1-2-16(20)17(11-12-6-4-3-5-7-12)13-8-9-14(18)15(19)10-13/h3-10,18-19H,2,11H2,1H3. The van der Waals surface area contributed by atoms with Gasteiger partial charge in [-0.2, -0.15) is 0 Å². The molecule has 0 bridgehead atoms.